The molecule has 11 heteroatoms. The van der Waals surface area contributed by atoms with Gasteiger partial charge >= 0.3 is 0 Å². The van der Waals surface area contributed by atoms with Crippen LogP contribution in [0.4, 0.5) is 0 Å². The predicted octanol–water partition coefficient (Wildman–Crippen LogP) is 5.79. The molecule has 2 amide bonds. The second kappa shape index (κ2) is 24.6. The lowest BCUT2D eigenvalue weighted by molar-refractivity contribution is -0.128. The summed E-state index contributed by atoms with van der Waals surface area (Å²) in [6.07, 6.45) is 6.16. The predicted molar refractivity (Wildman–Crippen MR) is 222 cm³/mol. The molecule has 6 N–H and O–H groups in total. The van der Waals surface area contributed by atoms with Crippen LogP contribution in [0.15, 0.2) is 91.0 Å². The molecule has 0 aromatic heterocycles. The number of Topliss-reactive ketones (excluding diaryl/α,β-unsaturated/α-hetero) is 1. The fourth-order valence-corrected chi connectivity index (χ4v) is 8.51. The second-order valence-electron chi connectivity index (χ2n) is 15.4. The van der Waals surface area contributed by atoms with Crippen LogP contribution in [0, 0.1) is 17.8 Å². The molecule has 0 fully saturated rings. The Labute approximate surface area is 330 Å². The van der Waals surface area contributed by atoms with Crippen molar-refractivity contribution in [3.05, 3.63) is 108 Å². The van der Waals surface area contributed by atoms with E-state index in [1.54, 1.807) is 24.3 Å². The Balaban J connectivity index is 1.88. The van der Waals surface area contributed by atoms with E-state index in [9.17, 15) is 22.8 Å². The van der Waals surface area contributed by atoms with Gasteiger partial charge in [0.15, 0.2) is 5.78 Å². The average molecular weight is 776 g/mol. The number of nitrogens with zero attached hydrogens (tertiary/aromatic N) is 1. The highest BCUT2D eigenvalue weighted by Gasteiger charge is 2.32. The molecule has 302 valence electrons. The Morgan fingerprint density at radius 1 is 0.691 bits per heavy atom. The second-order valence-corrected chi connectivity index (χ2v) is 17.4. The summed E-state index contributed by atoms with van der Waals surface area (Å²) < 4.78 is 29.6. The van der Waals surface area contributed by atoms with Crippen LogP contribution in [-0.4, -0.2) is 68.6 Å². The van der Waals surface area contributed by atoms with E-state index in [1.807, 2.05) is 73.7 Å². The molecule has 0 saturated carbocycles. The number of unbranched alkanes of at least 4 members (excludes halogenated alkanes) is 2. The third-order valence-corrected chi connectivity index (χ3v) is 11.6. The molecule has 0 aliphatic rings. The van der Waals surface area contributed by atoms with Gasteiger partial charge in [-0.25, -0.2) is 8.42 Å². The van der Waals surface area contributed by atoms with Crippen molar-refractivity contribution in [2.75, 3.05) is 26.2 Å². The van der Waals surface area contributed by atoms with Crippen molar-refractivity contribution in [3.63, 3.8) is 0 Å². The van der Waals surface area contributed by atoms with Gasteiger partial charge in [-0.2, -0.15) is 4.31 Å². The molecular formula is C44H65N5O5S. The Kier molecular flexibility index (Phi) is 20.3. The fraction of sp³-hybridized carbons (Fsp3) is 0.523. The third-order valence-electron chi connectivity index (χ3n) is 9.80. The van der Waals surface area contributed by atoms with E-state index in [4.69, 9.17) is 11.5 Å². The summed E-state index contributed by atoms with van der Waals surface area (Å²) in [5, 5.41) is 6.11. The molecule has 0 aliphatic heterocycles. The smallest absolute Gasteiger partial charge is 0.235 e. The lowest BCUT2D eigenvalue weighted by atomic mass is 9.91. The molecule has 0 aliphatic carbocycles. The first kappa shape index (κ1) is 45.5. The Hall–Kier alpha value is -3.90. The minimum Gasteiger partial charge on any atom is -0.352 e. The van der Waals surface area contributed by atoms with Gasteiger partial charge in [-0.15, -0.1) is 0 Å². The van der Waals surface area contributed by atoms with Crippen LogP contribution in [0.3, 0.4) is 0 Å². The molecule has 0 spiro atoms. The maximum Gasteiger partial charge on any atom is 0.235 e. The number of hydrogen-bond donors (Lipinski definition) is 4. The molecule has 10 nitrogen and oxygen atoms in total. The third kappa shape index (κ3) is 17.6. The van der Waals surface area contributed by atoms with Crippen molar-refractivity contribution in [2.24, 2.45) is 29.2 Å². The van der Waals surface area contributed by atoms with Crippen LogP contribution < -0.4 is 22.1 Å². The highest BCUT2D eigenvalue weighted by Crippen LogP contribution is 2.21. The van der Waals surface area contributed by atoms with Crippen molar-refractivity contribution in [1.29, 1.82) is 0 Å². The zero-order valence-electron chi connectivity index (χ0n) is 33.2. The van der Waals surface area contributed by atoms with Crippen molar-refractivity contribution in [3.8, 4) is 0 Å². The monoisotopic (exact) mass is 775 g/mol. The first-order valence-electron chi connectivity index (χ1n) is 20.0. The van der Waals surface area contributed by atoms with Crippen LogP contribution in [0.25, 0.3) is 0 Å². The number of amides is 2. The van der Waals surface area contributed by atoms with Gasteiger partial charge in [0.05, 0.1) is 18.3 Å². The summed E-state index contributed by atoms with van der Waals surface area (Å²) in [5.74, 6) is -1.04. The Bertz CT molecular complexity index is 1660. The minimum absolute atomic E-state index is 0.0283. The van der Waals surface area contributed by atoms with Gasteiger partial charge in [0.1, 0.15) is 0 Å². The fourth-order valence-electron chi connectivity index (χ4n) is 6.99. The van der Waals surface area contributed by atoms with Crippen molar-refractivity contribution < 1.29 is 22.8 Å². The van der Waals surface area contributed by atoms with Crippen molar-refractivity contribution in [1.82, 2.24) is 14.9 Å². The number of ketones is 1. The maximum absolute atomic E-state index is 14.2. The van der Waals surface area contributed by atoms with E-state index in [1.165, 1.54) is 4.31 Å². The number of sulfonamides is 1. The van der Waals surface area contributed by atoms with Gasteiger partial charge in [-0.05, 0) is 86.6 Å². The lowest BCUT2D eigenvalue weighted by Gasteiger charge is -2.30. The van der Waals surface area contributed by atoms with Crippen molar-refractivity contribution >= 4 is 27.6 Å². The van der Waals surface area contributed by atoms with E-state index < -0.39 is 34.6 Å². The van der Waals surface area contributed by atoms with Gasteiger partial charge in [0, 0.05) is 24.9 Å². The molecule has 3 aromatic carbocycles. The van der Waals surface area contributed by atoms with E-state index in [2.05, 4.69) is 24.5 Å². The summed E-state index contributed by atoms with van der Waals surface area (Å²) in [5.41, 5.74) is 14.2. The summed E-state index contributed by atoms with van der Waals surface area (Å²) >= 11 is 0. The summed E-state index contributed by atoms with van der Waals surface area (Å²) in [4.78, 5) is 41.7. The van der Waals surface area contributed by atoms with Gasteiger partial charge < -0.3 is 22.1 Å². The Morgan fingerprint density at radius 2 is 1.22 bits per heavy atom. The van der Waals surface area contributed by atoms with Gasteiger partial charge in [-0.1, -0.05) is 125 Å². The number of rotatable bonds is 27. The largest absolute Gasteiger partial charge is 0.352 e. The lowest BCUT2D eigenvalue weighted by Crippen LogP contribution is -2.52. The molecule has 0 heterocycles. The van der Waals surface area contributed by atoms with Crippen LogP contribution in [0.2, 0.25) is 0 Å². The molecule has 3 rings (SSSR count). The first-order valence-corrected chi connectivity index (χ1v) is 21.6. The average Bonchev–Trinajstić information content (AvgIpc) is 3.14. The Morgan fingerprint density at radius 3 is 1.76 bits per heavy atom. The first-order chi connectivity index (χ1) is 26.4. The van der Waals surface area contributed by atoms with E-state index in [-0.39, 0.29) is 48.7 Å². The standard InChI is InChI=1S/C44H65N5O5S/c1-34(2)27-39(23-13-15-25-45)44(52)47-40(24-14-16-26-46)31-49(55(53,54)33-38-21-11-6-12-22-38)32-43(51)48-41(30-37-19-9-5-10-20-37)42(50)29-35(3)28-36-17-7-4-8-18-36/h4-12,17-22,34-35,39-41H,13-16,23-33,45-46H2,1-3H3,(H,47,52)(H,48,51). The number of nitrogens with one attached hydrogen (secondary N) is 2. The van der Waals surface area contributed by atoms with E-state index >= 15 is 0 Å². The van der Waals surface area contributed by atoms with Crippen LogP contribution in [-0.2, 0) is 43.0 Å². The molecular weight excluding hydrogens is 711 g/mol. The highest BCUT2D eigenvalue weighted by atomic mass is 32.2. The number of nitrogens with two attached hydrogens (primary N) is 2. The van der Waals surface area contributed by atoms with Crippen LogP contribution in [0.5, 0.6) is 0 Å². The number of benzene rings is 3. The van der Waals surface area contributed by atoms with Crippen LogP contribution >= 0.6 is 0 Å². The molecule has 3 aromatic rings. The molecule has 4 atom stereocenters. The topological polar surface area (TPSA) is 165 Å². The zero-order valence-corrected chi connectivity index (χ0v) is 34.0. The normalized spacial score (nSPS) is 13.9. The number of carbonyl (C=O) groups excluding carboxylic acids is 3. The summed E-state index contributed by atoms with van der Waals surface area (Å²) in [6.45, 7) is 6.61. The van der Waals surface area contributed by atoms with Gasteiger partial charge in [0.2, 0.25) is 21.8 Å². The highest BCUT2D eigenvalue weighted by molar-refractivity contribution is 7.88. The quantitative estimate of drug-likeness (QED) is 0.0713. The van der Waals surface area contributed by atoms with Crippen LogP contribution in [0.1, 0.15) is 88.8 Å². The molecule has 55 heavy (non-hydrogen) atoms. The zero-order chi connectivity index (χ0) is 40.1. The van der Waals surface area contributed by atoms with E-state index in [0.29, 0.717) is 63.1 Å². The SMILES string of the molecule is CC(C)CC(CCCCN)C(=O)NC(CCCCN)CN(CC(=O)NC(Cc1ccccc1)C(=O)CC(C)Cc1ccccc1)S(=O)(=O)Cc1ccccc1. The van der Waals surface area contributed by atoms with E-state index in [0.717, 1.165) is 24.0 Å². The minimum atomic E-state index is -4.06. The number of carbonyl (C=O) groups is 3. The molecule has 4 unspecified atom stereocenters. The van der Waals surface area contributed by atoms with Gasteiger partial charge in [-0.3, -0.25) is 14.4 Å². The number of hydrogen-bond acceptors (Lipinski definition) is 7. The molecule has 0 bridgehead atoms. The van der Waals surface area contributed by atoms with Crippen molar-refractivity contribution in [2.45, 2.75) is 103 Å². The van der Waals surface area contributed by atoms with Gasteiger partial charge in [0.25, 0.3) is 0 Å². The molecule has 0 saturated heterocycles. The molecule has 0 radical (unpaired) electrons. The summed E-state index contributed by atoms with van der Waals surface area (Å²) in [7, 11) is -4.06. The maximum atomic E-state index is 14.2. The summed E-state index contributed by atoms with van der Waals surface area (Å²) in [6, 6.07) is 26.9.